The van der Waals surface area contributed by atoms with Crippen molar-refractivity contribution < 1.29 is 27.5 Å². The number of hydrogen-bond acceptors (Lipinski definition) is 5. The smallest absolute Gasteiger partial charge is 0.320 e. The Labute approximate surface area is 230 Å². The number of aromatic nitrogens is 2. The summed E-state index contributed by atoms with van der Waals surface area (Å²) in [5, 5.41) is 15.5. The monoisotopic (exact) mass is 559 g/mol. The highest BCUT2D eigenvalue weighted by atomic mass is 32.2. The number of allylic oxidation sites excluding steroid dienone is 1. The van der Waals surface area contributed by atoms with E-state index in [2.05, 4.69) is 22.3 Å². The van der Waals surface area contributed by atoms with Gasteiger partial charge in [-0.3, -0.25) is 14.7 Å². The molecule has 1 saturated carbocycles. The highest BCUT2D eigenvalue weighted by Gasteiger charge is 2.27. The average molecular weight is 560 g/mol. The fourth-order valence-corrected chi connectivity index (χ4v) is 5.60. The normalized spacial score (nSPS) is 14.6. The number of carbonyl (C=O) groups is 2. The Balaban J connectivity index is 1.54. The first-order valence-electron chi connectivity index (χ1n) is 12.7. The number of aromatic amines is 1. The number of nitrogens with zero attached hydrogens (tertiary/aromatic N) is 1. The highest BCUT2D eigenvalue weighted by molar-refractivity contribution is 7.90. The molecule has 1 aliphatic carbocycles. The Morgan fingerprint density at radius 1 is 1.00 bits per heavy atom. The number of amides is 1. The number of rotatable bonds is 9. The first-order chi connectivity index (χ1) is 19.2. The second kappa shape index (κ2) is 11.3. The molecule has 1 aliphatic rings. The topological polar surface area (TPSA) is 129 Å². The zero-order valence-electron chi connectivity index (χ0n) is 21.3. The lowest BCUT2D eigenvalue weighted by Crippen LogP contribution is -2.33. The van der Waals surface area contributed by atoms with E-state index in [1.807, 2.05) is 36.4 Å². The van der Waals surface area contributed by atoms with Crippen molar-refractivity contribution in [1.29, 1.82) is 0 Å². The highest BCUT2D eigenvalue weighted by Crippen LogP contribution is 2.45. The standard InChI is InChI=1S/C30H26FN3O5S/c31-30-24-17-23(14-15-25(24)32-33-30)29(28(21-7-4-8-21)20-5-2-1-3-6-20)22-12-9-19(10-13-22)11-16-26(35)34-40(38,39)18-27(36)37/h1-3,5-6,9-17,21H,4,7-8,18H2,(H,32,33)(H,34,35)(H,36,37). The van der Waals surface area contributed by atoms with Crippen LogP contribution in [0.5, 0.6) is 0 Å². The van der Waals surface area contributed by atoms with Gasteiger partial charge in [0, 0.05) is 6.08 Å². The minimum atomic E-state index is -4.28. The molecule has 1 heterocycles. The van der Waals surface area contributed by atoms with Crippen LogP contribution in [0.2, 0.25) is 0 Å². The van der Waals surface area contributed by atoms with Gasteiger partial charge < -0.3 is 5.11 Å². The van der Waals surface area contributed by atoms with Crippen molar-refractivity contribution in [3.63, 3.8) is 0 Å². The summed E-state index contributed by atoms with van der Waals surface area (Å²) in [6, 6.07) is 23.1. The van der Waals surface area contributed by atoms with E-state index < -0.39 is 33.6 Å². The summed E-state index contributed by atoms with van der Waals surface area (Å²) in [5.41, 5.74) is 6.18. The molecule has 0 unspecified atom stereocenters. The molecule has 0 aliphatic heterocycles. The van der Waals surface area contributed by atoms with Crippen molar-refractivity contribution >= 4 is 50.0 Å². The van der Waals surface area contributed by atoms with Gasteiger partial charge in [0.05, 0.1) is 10.9 Å². The molecule has 0 spiro atoms. The molecule has 0 bridgehead atoms. The number of halogens is 1. The van der Waals surface area contributed by atoms with E-state index in [4.69, 9.17) is 5.11 Å². The zero-order chi connectivity index (χ0) is 28.3. The van der Waals surface area contributed by atoms with Crippen molar-refractivity contribution in [3.8, 4) is 0 Å². The molecule has 1 amide bonds. The maximum atomic E-state index is 14.5. The number of H-pyrrole nitrogens is 1. The van der Waals surface area contributed by atoms with Crippen LogP contribution < -0.4 is 4.72 Å². The Hall–Kier alpha value is -4.57. The van der Waals surface area contributed by atoms with Crippen LogP contribution in [0.1, 0.15) is 41.5 Å². The maximum Gasteiger partial charge on any atom is 0.320 e. The summed E-state index contributed by atoms with van der Waals surface area (Å²) >= 11 is 0. The van der Waals surface area contributed by atoms with E-state index in [1.54, 1.807) is 29.0 Å². The fraction of sp³-hybridized carbons (Fsp3) is 0.167. The molecule has 10 heteroatoms. The first-order valence-corrected chi connectivity index (χ1v) is 14.3. The van der Waals surface area contributed by atoms with Crippen LogP contribution in [-0.2, 0) is 19.6 Å². The number of carbonyl (C=O) groups excluding carboxylic acids is 1. The van der Waals surface area contributed by atoms with Crippen LogP contribution in [0.4, 0.5) is 4.39 Å². The third-order valence-corrected chi connectivity index (χ3v) is 8.00. The van der Waals surface area contributed by atoms with Gasteiger partial charge in [-0.2, -0.15) is 9.49 Å². The SMILES string of the molecule is O=C(O)CS(=O)(=O)NC(=O)C=Cc1ccc(C(=C(c2ccccc2)C2CCC2)c2ccc3n[nH]c(F)c3c2)cc1. The minimum absolute atomic E-state index is 0.346. The molecule has 8 nitrogen and oxygen atoms in total. The van der Waals surface area contributed by atoms with Gasteiger partial charge in [-0.15, -0.1) is 0 Å². The number of carboxylic acid groups (broad SMARTS) is 1. The van der Waals surface area contributed by atoms with Gasteiger partial charge in [-0.1, -0.05) is 67.1 Å². The molecule has 5 rings (SSSR count). The van der Waals surface area contributed by atoms with Crippen molar-refractivity contribution in [3.05, 3.63) is 107 Å². The number of benzene rings is 3. The Kier molecular flexibility index (Phi) is 7.61. The second-order valence-corrected chi connectivity index (χ2v) is 11.3. The zero-order valence-corrected chi connectivity index (χ0v) is 22.1. The van der Waals surface area contributed by atoms with Crippen LogP contribution in [-0.4, -0.2) is 41.4 Å². The second-order valence-electron chi connectivity index (χ2n) is 9.63. The summed E-state index contributed by atoms with van der Waals surface area (Å²) in [4.78, 5) is 22.7. The number of hydrogen-bond donors (Lipinski definition) is 3. The number of aliphatic carboxylic acids is 1. The van der Waals surface area contributed by atoms with E-state index in [-0.39, 0.29) is 0 Å². The lowest BCUT2D eigenvalue weighted by atomic mass is 9.73. The van der Waals surface area contributed by atoms with Crippen molar-refractivity contribution in [2.45, 2.75) is 19.3 Å². The van der Waals surface area contributed by atoms with Gasteiger partial charge in [0.15, 0.2) is 5.75 Å². The summed E-state index contributed by atoms with van der Waals surface area (Å²) in [5.74, 6) is -3.85. The maximum absolute atomic E-state index is 14.5. The predicted molar refractivity (Wildman–Crippen MR) is 151 cm³/mol. The Morgan fingerprint density at radius 2 is 1.70 bits per heavy atom. The van der Waals surface area contributed by atoms with Gasteiger partial charge in [0.1, 0.15) is 0 Å². The molecule has 1 aromatic heterocycles. The molecular weight excluding hydrogens is 533 g/mol. The number of carboxylic acids is 1. The van der Waals surface area contributed by atoms with Gasteiger partial charge in [-0.05, 0) is 70.4 Å². The van der Waals surface area contributed by atoms with E-state index in [0.717, 1.165) is 47.6 Å². The lowest BCUT2D eigenvalue weighted by molar-refractivity contribution is -0.134. The largest absolute Gasteiger partial charge is 0.480 e. The number of sulfonamides is 1. The Morgan fingerprint density at radius 3 is 2.35 bits per heavy atom. The number of fused-ring (bicyclic) bond motifs is 1. The number of nitrogens with one attached hydrogen (secondary N) is 2. The summed E-state index contributed by atoms with van der Waals surface area (Å²) < 4.78 is 39.6. The molecule has 3 N–H and O–H groups in total. The van der Waals surface area contributed by atoms with Gasteiger partial charge in [0.2, 0.25) is 16.0 Å². The summed E-state index contributed by atoms with van der Waals surface area (Å²) in [6.45, 7) is 0. The summed E-state index contributed by atoms with van der Waals surface area (Å²) in [7, 11) is -4.28. The molecule has 204 valence electrons. The quantitative estimate of drug-likeness (QED) is 0.195. The fourth-order valence-electron chi connectivity index (χ4n) is 4.83. The van der Waals surface area contributed by atoms with Crippen LogP contribution in [0.3, 0.4) is 0 Å². The van der Waals surface area contributed by atoms with E-state index >= 15 is 0 Å². The van der Waals surface area contributed by atoms with Gasteiger partial charge >= 0.3 is 5.97 Å². The third kappa shape index (κ3) is 6.02. The average Bonchev–Trinajstić information content (AvgIpc) is 3.26. The molecule has 40 heavy (non-hydrogen) atoms. The van der Waals surface area contributed by atoms with Crippen molar-refractivity contribution in [2.75, 3.05) is 5.75 Å². The van der Waals surface area contributed by atoms with Crippen LogP contribution in [0.25, 0.3) is 28.1 Å². The first kappa shape index (κ1) is 27.0. The molecular formula is C30H26FN3O5S. The molecule has 0 saturated heterocycles. The molecule has 3 aromatic carbocycles. The lowest BCUT2D eigenvalue weighted by Gasteiger charge is -2.31. The minimum Gasteiger partial charge on any atom is -0.480 e. The third-order valence-electron chi connectivity index (χ3n) is 6.86. The molecule has 1 fully saturated rings. The molecule has 0 radical (unpaired) electrons. The van der Waals surface area contributed by atoms with E-state index in [9.17, 15) is 22.4 Å². The van der Waals surface area contributed by atoms with Gasteiger partial charge in [-0.25, -0.2) is 13.1 Å². The van der Waals surface area contributed by atoms with E-state index in [0.29, 0.717) is 22.4 Å². The van der Waals surface area contributed by atoms with Crippen LogP contribution in [0, 0.1) is 11.9 Å². The van der Waals surface area contributed by atoms with Gasteiger partial charge in [0.25, 0.3) is 5.91 Å². The predicted octanol–water partition coefficient (Wildman–Crippen LogP) is 5.01. The van der Waals surface area contributed by atoms with Crippen molar-refractivity contribution in [1.82, 2.24) is 14.9 Å². The molecule has 0 atom stereocenters. The Bertz CT molecular complexity index is 1740. The molecule has 4 aromatic rings. The van der Waals surface area contributed by atoms with E-state index in [1.165, 1.54) is 11.6 Å². The van der Waals surface area contributed by atoms with Crippen molar-refractivity contribution in [2.24, 2.45) is 5.92 Å². The van der Waals surface area contributed by atoms with Crippen LogP contribution >= 0.6 is 0 Å². The summed E-state index contributed by atoms with van der Waals surface area (Å²) in [6.07, 6.45) is 5.71. The van der Waals surface area contributed by atoms with Crippen LogP contribution in [0.15, 0.2) is 78.9 Å².